The van der Waals surface area contributed by atoms with E-state index in [-0.39, 0.29) is 0 Å². The van der Waals surface area contributed by atoms with Crippen LogP contribution in [0.1, 0.15) is 68.2 Å². The van der Waals surface area contributed by atoms with E-state index in [0.717, 1.165) is 48.6 Å². The molecule has 1 aliphatic carbocycles. The van der Waals surface area contributed by atoms with E-state index in [9.17, 15) is 0 Å². The number of aromatic amines is 2. The summed E-state index contributed by atoms with van der Waals surface area (Å²) in [4.78, 5) is 16.6. The molecular formula is C19H24N4O. The van der Waals surface area contributed by atoms with E-state index in [1.807, 2.05) is 6.20 Å². The van der Waals surface area contributed by atoms with Gasteiger partial charge in [0.1, 0.15) is 17.0 Å². The summed E-state index contributed by atoms with van der Waals surface area (Å²) in [5.41, 5.74) is 4.51. The molecule has 0 bridgehead atoms. The Morgan fingerprint density at radius 2 is 1.83 bits per heavy atom. The van der Waals surface area contributed by atoms with Gasteiger partial charge < -0.3 is 14.7 Å². The Balaban J connectivity index is 1.62. The second-order valence-electron chi connectivity index (χ2n) is 7.33. The standard InChI is InChI=1S/C19H24N4O/c1-2-4-13(5-3-1)18-22-15-11-21-19-16(17(15)23-18)14(10-20-19)12-6-8-24-9-7-12/h10-13H,1-9H2,(H,20,21)(H,22,23). The van der Waals surface area contributed by atoms with Crippen molar-refractivity contribution in [2.45, 2.75) is 56.8 Å². The molecule has 3 aromatic heterocycles. The normalized spacial score (nSPS) is 21.0. The van der Waals surface area contributed by atoms with Crippen molar-refractivity contribution in [3.63, 3.8) is 0 Å². The highest BCUT2D eigenvalue weighted by molar-refractivity contribution is 6.03. The van der Waals surface area contributed by atoms with Gasteiger partial charge in [0.15, 0.2) is 0 Å². The first-order chi connectivity index (χ1) is 11.9. The molecule has 1 saturated carbocycles. The lowest BCUT2D eigenvalue weighted by molar-refractivity contribution is 0.0856. The first kappa shape index (κ1) is 14.5. The van der Waals surface area contributed by atoms with Crippen molar-refractivity contribution < 1.29 is 4.74 Å². The minimum absolute atomic E-state index is 0.551. The lowest BCUT2D eigenvalue weighted by Crippen LogP contribution is -2.13. The number of aromatic nitrogens is 4. The van der Waals surface area contributed by atoms with Crippen LogP contribution in [0, 0.1) is 0 Å². The Morgan fingerprint density at radius 3 is 2.67 bits per heavy atom. The summed E-state index contributed by atoms with van der Waals surface area (Å²) in [6, 6.07) is 0. The van der Waals surface area contributed by atoms with Crippen molar-refractivity contribution in [2.75, 3.05) is 13.2 Å². The molecule has 5 rings (SSSR count). The van der Waals surface area contributed by atoms with E-state index in [1.165, 1.54) is 43.1 Å². The summed E-state index contributed by atoms with van der Waals surface area (Å²) in [6.45, 7) is 1.71. The van der Waals surface area contributed by atoms with Gasteiger partial charge in [-0.2, -0.15) is 0 Å². The molecule has 5 nitrogen and oxygen atoms in total. The number of imidazole rings is 1. The van der Waals surface area contributed by atoms with Crippen LogP contribution in [0.3, 0.4) is 0 Å². The van der Waals surface area contributed by atoms with Crippen molar-refractivity contribution in [2.24, 2.45) is 0 Å². The quantitative estimate of drug-likeness (QED) is 0.735. The van der Waals surface area contributed by atoms with E-state index < -0.39 is 0 Å². The summed E-state index contributed by atoms with van der Waals surface area (Å²) in [6.07, 6.45) is 12.8. The third-order valence-corrected chi connectivity index (χ3v) is 5.85. The van der Waals surface area contributed by atoms with Crippen LogP contribution in [0.5, 0.6) is 0 Å². The topological polar surface area (TPSA) is 66.6 Å². The third-order valence-electron chi connectivity index (χ3n) is 5.85. The Bertz CT molecular complexity index is 853. The van der Waals surface area contributed by atoms with E-state index in [4.69, 9.17) is 9.72 Å². The molecule has 24 heavy (non-hydrogen) atoms. The van der Waals surface area contributed by atoms with E-state index >= 15 is 0 Å². The Kier molecular flexibility index (Phi) is 3.55. The average molecular weight is 324 g/mol. The molecule has 3 aromatic rings. The summed E-state index contributed by atoms with van der Waals surface area (Å²) in [5.74, 6) is 2.31. The van der Waals surface area contributed by atoms with Crippen molar-refractivity contribution in [1.29, 1.82) is 0 Å². The van der Waals surface area contributed by atoms with Gasteiger partial charge in [-0.05, 0) is 37.2 Å². The largest absolute Gasteiger partial charge is 0.381 e. The monoisotopic (exact) mass is 324 g/mol. The molecule has 126 valence electrons. The Morgan fingerprint density at radius 1 is 1.00 bits per heavy atom. The van der Waals surface area contributed by atoms with Crippen LogP contribution in [0.25, 0.3) is 22.1 Å². The van der Waals surface area contributed by atoms with E-state index in [1.54, 1.807) is 0 Å². The van der Waals surface area contributed by atoms with Crippen LogP contribution in [-0.4, -0.2) is 33.1 Å². The molecule has 0 unspecified atom stereocenters. The zero-order chi connectivity index (χ0) is 15.9. The molecule has 1 saturated heterocycles. The molecule has 0 atom stereocenters. The van der Waals surface area contributed by atoms with Crippen LogP contribution in [0.15, 0.2) is 12.4 Å². The first-order valence-electron chi connectivity index (χ1n) is 9.33. The van der Waals surface area contributed by atoms with Gasteiger partial charge in [-0.25, -0.2) is 9.97 Å². The Labute approximate surface area is 141 Å². The summed E-state index contributed by atoms with van der Waals surface area (Å²) in [7, 11) is 0. The number of nitrogens with one attached hydrogen (secondary N) is 2. The molecule has 0 aromatic carbocycles. The molecule has 5 heteroatoms. The summed E-state index contributed by atoms with van der Waals surface area (Å²) < 4.78 is 5.53. The zero-order valence-corrected chi connectivity index (χ0v) is 14.0. The number of hydrogen-bond acceptors (Lipinski definition) is 3. The first-order valence-corrected chi connectivity index (χ1v) is 9.33. The van der Waals surface area contributed by atoms with Gasteiger partial charge in [-0.3, -0.25) is 0 Å². The molecule has 2 aliphatic rings. The fourth-order valence-electron chi connectivity index (χ4n) is 4.50. The van der Waals surface area contributed by atoms with Crippen molar-refractivity contribution in [3.05, 3.63) is 23.8 Å². The maximum Gasteiger partial charge on any atom is 0.139 e. The molecule has 1 aliphatic heterocycles. The van der Waals surface area contributed by atoms with Gasteiger partial charge in [0.25, 0.3) is 0 Å². The lowest BCUT2D eigenvalue weighted by atomic mass is 9.89. The molecule has 2 N–H and O–H groups in total. The van der Waals surface area contributed by atoms with Gasteiger partial charge in [0.05, 0.1) is 17.1 Å². The van der Waals surface area contributed by atoms with Gasteiger partial charge >= 0.3 is 0 Å². The van der Waals surface area contributed by atoms with Crippen LogP contribution >= 0.6 is 0 Å². The fourth-order valence-corrected chi connectivity index (χ4v) is 4.50. The second kappa shape index (κ2) is 5.88. The minimum atomic E-state index is 0.551. The highest BCUT2D eigenvalue weighted by Gasteiger charge is 2.24. The van der Waals surface area contributed by atoms with Crippen molar-refractivity contribution in [1.82, 2.24) is 19.9 Å². The molecule has 0 spiro atoms. The van der Waals surface area contributed by atoms with Gasteiger partial charge in [0.2, 0.25) is 0 Å². The maximum absolute atomic E-state index is 5.53. The molecule has 0 amide bonds. The molecule has 0 radical (unpaired) electrons. The molecule has 4 heterocycles. The van der Waals surface area contributed by atoms with E-state index in [2.05, 4.69) is 21.1 Å². The number of hydrogen-bond donors (Lipinski definition) is 2. The highest BCUT2D eigenvalue weighted by Crippen LogP contribution is 2.37. The second-order valence-corrected chi connectivity index (χ2v) is 7.33. The van der Waals surface area contributed by atoms with Gasteiger partial charge in [0, 0.05) is 25.3 Å². The number of rotatable bonds is 2. The number of nitrogens with zero attached hydrogens (tertiary/aromatic N) is 2. The minimum Gasteiger partial charge on any atom is -0.381 e. The fraction of sp³-hybridized carbons (Fsp3) is 0.579. The Hall–Kier alpha value is -1.88. The molecular weight excluding hydrogens is 300 g/mol. The number of ether oxygens (including phenoxy) is 1. The average Bonchev–Trinajstić information content (AvgIpc) is 3.27. The van der Waals surface area contributed by atoms with Crippen LogP contribution in [0.4, 0.5) is 0 Å². The number of H-pyrrole nitrogens is 2. The lowest BCUT2D eigenvalue weighted by Gasteiger charge is -2.21. The SMILES string of the molecule is c1[nH]c2ncc3[nH]c(C4CCCCC4)nc3c2c1C1CCOCC1. The predicted octanol–water partition coefficient (Wildman–Crippen LogP) is 4.38. The van der Waals surface area contributed by atoms with Gasteiger partial charge in [-0.15, -0.1) is 0 Å². The molecule has 2 fully saturated rings. The van der Waals surface area contributed by atoms with Crippen LogP contribution < -0.4 is 0 Å². The third kappa shape index (κ3) is 2.34. The van der Waals surface area contributed by atoms with Crippen molar-refractivity contribution in [3.8, 4) is 0 Å². The number of pyridine rings is 1. The maximum atomic E-state index is 5.53. The summed E-state index contributed by atoms with van der Waals surface area (Å²) >= 11 is 0. The van der Waals surface area contributed by atoms with Gasteiger partial charge in [-0.1, -0.05) is 19.3 Å². The predicted molar refractivity (Wildman–Crippen MR) is 94.4 cm³/mol. The smallest absolute Gasteiger partial charge is 0.139 e. The zero-order valence-electron chi connectivity index (χ0n) is 14.0. The number of fused-ring (bicyclic) bond motifs is 3. The van der Waals surface area contributed by atoms with Crippen LogP contribution in [-0.2, 0) is 4.74 Å². The van der Waals surface area contributed by atoms with Crippen LogP contribution in [0.2, 0.25) is 0 Å². The van der Waals surface area contributed by atoms with Crippen molar-refractivity contribution >= 4 is 22.1 Å². The van der Waals surface area contributed by atoms with E-state index in [0.29, 0.717) is 11.8 Å². The highest BCUT2D eigenvalue weighted by atomic mass is 16.5. The summed E-state index contributed by atoms with van der Waals surface area (Å²) in [5, 5.41) is 1.22.